The highest BCUT2D eigenvalue weighted by molar-refractivity contribution is 5.79. The summed E-state index contributed by atoms with van der Waals surface area (Å²) < 4.78 is 35.9. The Morgan fingerprint density at radius 2 is 1.31 bits per heavy atom. The molecule has 7 fully saturated rings. The van der Waals surface area contributed by atoms with Gasteiger partial charge < -0.3 is 84.6 Å². The van der Waals surface area contributed by atoms with E-state index in [0.29, 0.717) is 38.5 Å². The van der Waals surface area contributed by atoms with Gasteiger partial charge in [0.25, 0.3) is 0 Å². The summed E-state index contributed by atoms with van der Waals surface area (Å²) in [5.41, 5.74) is -2.75. The van der Waals surface area contributed by atoms with Crippen LogP contribution in [0.3, 0.4) is 0 Å². The van der Waals surface area contributed by atoms with Crippen molar-refractivity contribution >= 4 is 5.97 Å². The monoisotopic (exact) mass is 929 g/mol. The molecule has 18 heteroatoms. The summed E-state index contributed by atoms with van der Waals surface area (Å²) in [6.45, 7) is 13.7. The predicted octanol–water partition coefficient (Wildman–Crippen LogP) is -0.250. The lowest BCUT2D eigenvalue weighted by molar-refractivity contribution is -0.367. The number of rotatable bonds is 8. The Kier molecular flexibility index (Phi) is 13.4. The van der Waals surface area contributed by atoms with Gasteiger partial charge in [-0.15, -0.1) is 0 Å². The first kappa shape index (κ1) is 50.0. The first-order valence-corrected chi connectivity index (χ1v) is 23.9. The van der Waals surface area contributed by atoms with E-state index in [-0.39, 0.29) is 35.2 Å². The molecule has 3 aliphatic heterocycles. The summed E-state index contributed by atoms with van der Waals surface area (Å²) in [6, 6.07) is 0. The second kappa shape index (κ2) is 17.5. The van der Waals surface area contributed by atoms with Crippen molar-refractivity contribution in [3.63, 3.8) is 0 Å². The van der Waals surface area contributed by atoms with Crippen LogP contribution < -0.4 is 0 Å². The van der Waals surface area contributed by atoms with E-state index in [1.807, 2.05) is 13.8 Å². The van der Waals surface area contributed by atoms with E-state index < -0.39 is 139 Å². The van der Waals surface area contributed by atoms with Gasteiger partial charge in [0.2, 0.25) is 6.29 Å². The molecule has 24 atom stereocenters. The highest BCUT2D eigenvalue weighted by Gasteiger charge is 2.72. The molecule has 8 aliphatic rings. The summed E-state index contributed by atoms with van der Waals surface area (Å²) in [4.78, 5) is 14.7. The Bertz CT molecular complexity index is 1770. The van der Waals surface area contributed by atoms with Gasteiger partial charge in [0, 0.05) is 5.92 Å². The molecular formula is C47H76O18. The topological polar surface area (TPSA) is 295 Å². The Morgan fingerprint density at radius 1 is 0.692 bits per heavy atom. The van der Waals surface area contributed by atoms with E-state index >= 15 is 0 Å². The van der Waals surface area contributed by atoms with Crippen LogP contribution in [0.4, 0.5) is 0 Å². The molecule has 8 rings (SSSR count). The van der Waals surface area contributed by atoms with Crippen molar-refractivity contribution in [2.45, 2.75) is 204 Å². The minimum absolute atomic E-state index is 0.154. The maximum absolute atomic E-state index is 14.7. The predicted molar refractivity (Wildman–Crippen MR) is 226 cm³/mol. The molecule has 0 aromatic rings. The quantitative estimate of drug-likeness (QED) is 0.0850. The van der Waals surface area contributed by atoms with Crippen molar-refractivity contribution in [2.75, 3.05) is 19.8 Å². The maximum Gasteiger partial charge on any atom is 0.315 e. The van der Waals surface area contributed by atoms with Crippen LogP contribution in [-0.4, -0.2) is 180 Å². The van der Waals surface area contributed by atoms with Crippen LogP contribution in [0.1, 0.15) is 106 Å². The molecule has 0 aromatic carbocycles. The van der Waals surface area contributed by atoms with Crippen molar-refractivity contribution < 1.29 is 89.4 Å². The molecule has 0 aromatic heterocycles. The van der Waals surface area contributed by atoms with Gasteiger partial charge in [-0.05, 0) is 104 Å². The Balaban J connectivity index is 1.05. The van der Waals surface area contributed by atoms with Crippen LogP contribution in [0.15, 0.2) is 11.6 Å². The fourth-order valence-electron chi connectivity index (χ4n) is 15.0. The number of ether oxygens (including phenoxy) is 6. The lowest BCUT2D eigenvalue weighted by Crippen LogP contribution is -2.68. The van der Waals surface area contributed by atoms with Crippen molar-refractivity contribution in [3.8, 4) is 0 Å². The molecule has 3 heterocycles. The van der Waals surface area contributed by atoms with Gasteiger partial charge in [-0.2, -0.15) is 0 Å². The SMILES string of the molecule is C[C@H]1CC[C@]2(C(=O)O[C@@H]3O[C@H](CO)[C@@H](O)[C@H](O)[C@H]3O)CC[C@]3(C)C(=CC[C@@H]4[C@@]5(C)CC[C@H](O[C@@H]6OC[C@@H](O)[C@H](O)[C@H]6O[C@@H]6O[C@H](CO)[C@@H](O)[C@H](O)[C@H]6O)C(C)(C)[C@@H]5CC[C@]43C)[C@H]2[C@]1(C)O. The first-order chi connectivity index (χ1) is 30.3. The zero-order chi connectivity index (χ0) is 47.6. The van der Waals surface area contributed by atoms with Crippen LogP contribution in [0, 0.1) is 50.7 Å². The maximum atomic E-state index is 14.7. The fraction of sp³-hybridized carbons (Fsp3) is 0.936. The summed E-state index contributed by atoms with van der Waals surface area (Å²) in [5.74, 6) is -1.06. The molecule has 0 bridgehead atoms. The summed E-state index contributed by atoms with van der Waals surface area (Å²) >= 11 is 0. The molecule has 3 saturated heterocycles. The summed E-state index contributed by atoms with van der Waals surface area (Å²) in [6.07, 6.45) is -13.6. The Hall–Kier alpha value is -1.43. The summed E-state index contributed by atoms with van der Waals surface area (Å²) in [5, 5.41) is 117. The van der Waals surface area contributed by atoms with Crippen LogP contribution in [-0.2, 0) is 33.2 Å². The number of aliphatic hydroxyl groups is 11. The molecule has 11 N–H and O–H groups in total. The third kappa shape index (κ3) is 7.53. The zero-order valence-electron chi connectivity index (χ0n) is 38.8. The second-order valence-corrected chi connectivity index (χ2v) is 22.7. The van der Waals surface area contributed by atoms with Gasteiger partial charge in [-0.1, -0.05) is 53.2 Å². The molecule has 65 heavy (non-hydrogen) atoms. The number of fused-ring (bicyclic) bond motifs is 7. The number of carbonyl (C=O) groups is 1. The summed E-state index contributed by atoms with van der Waals surface area (Å²) in [7, 11) is 0. The van der Waals surface area contributed by atoms with Crippen LogP contribution in [0.5, 0.6) is 0 Å². The van der Waals surface area contributed by atoms with Gasteiger partial charge in [0.15, 0.2) is 12.6 Å². The van der Waals surface area contributed by atoms with E-state index in [0.717, 1.165) is 24.8 Å². The lowest BCUT2D eigenvalue weighted by Gasteiger charge is -2.72. The minimum atomic E-state index is -1.75. The van der Waals surface area contributed by atoms with Crippen molar-refractivity contribution in [3.05, 3.63) is 11.6 Å². The fourth-order valence-corrected chi connectivity index (χ4v) is 15.0. The van der Waals surface area contributed by atoms with Crippen molar-refractivity contribution in [1.82, 2.24) is 0 Å². The van der Waals surface area contributed by atoms with E-state index in [2.05, 4.69) is 40.7 Å². The molecule has 0 amide bonds. The zero-order valence-corrected chi connectivity index (χ0v) is 38.8. The Morgan fingerprint density at radius 3 is 1.94 bits per heavy atom. The van der Waals surface area contributed by atoms with E-state index in [1.54, 1.807) is 0 Å². The molecule has 372 valence electrons. The normalized spacial score (nSPS) is 55.4. The van der Waals surface area contributed by atoms with Gasteiger partial charge in [-0.3, -0.25) is 4.79 Å². The first-order valence-electron chi connectivity index (χ1n) is 23.9. The number of allylic oxidation sites excluding steroid dienone is 1. The number of aliphatic hydroxyl groups excluding tert-OH is 10. The van der Waals surface area contributed by atoms with E-state index in [1.165, 1.54) is 0 Å². The van der Waals surface area contributed by atoms with Gasteiger partial charge in [-0.25, -0.2) is 0 Å². The number of esters is 1. The van der Waals surface area contributed by atoms with Crippen molar-refractivity contribution in [2.24, 2.45) is 50.7 Å². The molecule has 5 aliphatic carbocycles. The van der Waals surface area contributed by atoms with Crippen LogP contribution >= 0.6 is 0 Å². The largest absolute Gasteiger partial charge is 0.432 e. The molecule has 18 nitrogen and oxygen atoms in total. The molecule has 4 saturated carbocycles. The third-order valence-corrected chi connectivity index (χ3v) is 19.3. The van der Waals surface area contributed by atoms with Crippen LogP contribution in [0.2, 0.25) is 0 Å². The van der Waals surface area contributed by atoms with E-state index in [4.69, 9.17) is 28.4 Å². The highest BCUT2D eigenvalue weighted by Crippen LogP contribution is 2.76. The van der Waals surface area contributed by atoms with E-state index in [9.17, 15) is 61.0 Å². The highest BCUT2D eigenvalue weighted by atomic mass is 16.8. The molecule has 0 radical (unpaired) electrons. The number of carbonyl (C=O) groups excluding carboxylic acids is 1. The average Bonchev–Trinajstić information content (AvgIpc) is 3.25. The van der Waals surface area contributed by atoms with Gasteiger partial charge in [0.1, 0.15) is 67.1 Å². The molecule has 0 unspecified atom stereocenters. The average molecular weight is 929 g/mol. The number of hydrogen-bond acceptors (Lipinski definition) is 18. The van der Waals surface area contributed by atoms with Gasteiger partial charge in [0.05, 0.1) is 36.9 Å². The minimum Gasteiger partial charge on any atom is -0.432 e. The van der Waals surface area contributed by atoms with Crippen LogP contribution in [0.25, 0.3) is 0 Å². The second-order valence-electron chi connectivity index (χ2n) is 22.7. The number of hydrogen-bond donors (Lipinski definition) is 11. The van der Waals surface area contributed by atoms with Gasteiger partial charge >= 0.3 is 5.97 Å². The Labute approximate surface area is 380 Å². The molecular weight excluding hydrogens is 852 g/mol. The molecule has 0 spiro atoms. The van der Waals surface area contributed by atoms with Crippen molar-refractivity contribution in [1.29, 1.82) is 0 Å². The lowest BCUT2D eigenvalue weighted by atomic mass is 9.33. The smallest absolute Gasteiger partial charge is 0.315 e. The third-order valence-electron chi connectivity index (χ3n) is 19.3. The standard InChI is InChI=1S/C47H76O18/c1-21-10-15-47(41(58)65-39-35(57)33(55)31(53)25(19-49)62-39)17-16-44(5)22(37(47)46(21,7)59)8-9-27-43(4)13-12-28(42(2,3)26(43)11-14-45(27,44)6)63-40-36(29(51)23(50)20-60-40)64-38-34(56)32(54)30(52)24(18-48)61-38/h8,21,23-40,48-57,59H,9-20H2,1-7H3/t21-,23+,24+,25+,26-,27+,28-,29-,30+,31+,32-,33-,34+,35+,36+,37-,38-,39-,40-,43-,44+,45+,46+,47-/m0/s1.